The van der Waals surface area contributed by atoms with Crippen LogP contribution in [0.5, 0.6) is 0 Å². The lowest BCUT2D eigenvalue weighted by Crippen LogP contribution is -2.69. The molecule has 0 aliphatic carbocycles. The third-order valence-corrected chi connectivity index (χ3v) is 6.52. The van der Waals surface area contributed by atoms with Crippen LogP contribution < -0.4 is 0 Å². The number of alkyl halides is 6. The maximum absolute atomic E-state index is 14.4. The maximum Gasteiger partial charge on any atom is 0.427 e. The van der Waals surface area contributed by atoms with Crippen LogP contribution in [-0.4, -0.2) is 47.5 Å². The lowest BCUT2D eigenvalue weighted by molar-refractivity contribution is -0.414. The van der Waals surface area contributed by atoms with Crippen molar-refractivity contribution < 1.29 is 35.5 Å². The van der Waals surface area contributed by atoms with Crippen LogP contribution in [0.4, 0.5) is 30.7 Å². The number of halogens is 7. The van der Waals surface area contributed by atoms with Crippen molar-refractivity contribution in [3.63, 3.8) is 0 Å². The van der Waals surface area contributed by atoms with Gasteiger partial charge in [-0.05, 0) is 69.0 Å². The van der Waals surface area contributed by atoms with E-state index in [2.05, 4.69) is 4.98 Å². The molecule has 2 aromatic rings. The monoisotopic (exact) mass is 492 g/mol. The van der Waals surface area contributed by atoms with Crippen molar-refractivity contribution in [3.8, 4) is 0 Å². The zero-order chi connectivity index (χ0) is 25.2. The number of benzene rings is 1. The van der Waals surface area contributed by atoms with E-state index in [0.29, 0.717) is 11.1 Å². The number of hydrogen-bond donors (Lipinski definition) is 0. The summed E-state index contributed by atoms with van der Waals surface area (Å²) in [6, 6.07) is 8.51. The molecule has 0 spiro atoms. The Morgan fingerprint density at radius 2 is 1.59 bits per heavy atom. The number of hydrogen-bond acceptors (Lipinski definition) is 3. The molecule has 1 aliphatic rings. The van der Waals surface area contributed by atoms with Gasteiger partial charge in [-0.15, -0.1) is 0 Å². The van der Waals surface area contributed by atoms with Crippen molar-refractivity contribution in [1.82, 2.24) is 9.88 Å². The Bertz CT molecular complexity index is 928. The number of nitrogens with zero attached hydrogens (tertiary/aromatic N) is 2. The van der Waals surface area contributed by atoms with Gasteiger partial charge in [-0.1, -0.05) is 18.2 Å². The normalized spacial score (nSPS) is 20.1. The van der Waals surface area contributed by atoms with Crippen molar-refractivity contribution >= 4 is 0 Å². The molecule has 1 aliphatic heterocycles. The second-order valence-corrected chi connectivity index (χ2v) is 8.78. The summed E-state index contributed by atoms with van der Waals surface area (Å²) in [5.41, 5.74) is -4.71. The highest BCUT2D eigenvalue weighted by Crippen LogP contribution is 2.60. The molecule has 0 saturated carbocycles. The van der Waals surface area contributed by atoms with Crippen LogP contribution in [0, 0.1) is 18.2 Å². The molecule has 3 nitrogen and oxygen atoms in total. The van der Waals surface area contributed by atoms with Crippen molar-refractivity contribution in [3.05, 3.63) is 65.2 Å². The first-order valence-electron chi connectivity index (χ1n) is 11.0. The van der Waals surface area contributed by atoms with E-state index in [0.717, 1.165) is 24.8 Å². The first-order valence-corrected chi connectivity index (χ1v) is 11.0. The summed E-state index contributed by atoms with van der Waals surface area (Å²) in [6.45, 7) is 1.91. The van der Waals surface area contributed by atoms with Gasteiger partial charge in [0.25, 0.3) is 5.60 Å². The van der Waals surface area contributed by atoms with E-state index in [1.807, 2.05) is 0 Å². The number of aryl methyl sites for hydroxylation is 2. The second kappa shape index (κ2) is 9.81. The van der Waals surface area contributed by atoms with Crippen LogP contribution in [0.15, 0.2) is 42.6 Å². The van der Waals surface area contributed by atoms with Gasteiger partial charge in [0.05, 0.1) is 0 Å². The van der Waals surface area contributed by atoms with Crippen molar-refractivity contribution in [2.75, 3.05) is 19.7 Å². The molecule has 34 heavy (non-hydrogen) atoms. The lowest BCUT2D eigenvalue weighted by Gasteiger charge is -2.49. The minimum atomic E-state index is -5.69. The van der Waals surface area contributed by atoms with E-state index >= 15 is 0 Å². The smallest absolute Gasteiger partial charge is 0.358 e. The van der Waals surface area contributed by atoms with E-state index in [-0.39, 0.29) is 25.9 Å². The number of likely N-dealkylation sites (tertiary alicyclic amines) is 1. The molecule has 1 saturated heterocycles. The zero-order valence-corrected chi connectivity index (χ0v) is 18.9. The molecule has 0 bridgehead atoms. The molecule has 188 valence electrons. The molecule has 1 atom stereocenters. The Kier molecular flexibility index (Phi) is 7.62. The summed E-state index contributed by atoms with van der Waals surface area (Å²) < 4.78 is 104. The molecule has 0 radical (unpaired) electrons. The Morgan fingerprint density at radius 1 is 0.971 bits per heavy atom. The van der Waals surface area contributed by atoms with Crippen molar-refractivity contribution in [1.29, 1.82) is 0 Å². The Balaban J connectivity index is 2.01. The largest absolute Gasteiger partial charge is 0.427 e. The highest BCUT2D eigenvalue weighted by molar-refractivity contribution is 5.20. The van der Waals surface area contributed by atoms with E-state index in [1.165, 1.54) is 12.1 Å². The van der Waals surface area contributed by atoms with Crippen LogP contribution >= 0.6 is 0 Å². The molecule has 0 unspecified atom stereocenters. The highest BCUT2D eigenvalue weighted by atomic mass is 19.4. The summed E-state index contributed by atoms with van der Waals surface area (Å²) >= 11 is 0. The average molecular weight is 492 g/mol. The molecule has 2 heterocycles. The zero-order valence-electron chi connectivity index (χ0n) is 18.9. The van der Waals surface area contributed by atoms with E-state index in [9.17, 15) is 30.7 Å². The molecule has 1 aromatic carbocycles. The van der Waals surface area contributed by atoms with Gasteiger partial charge < -0.3 is 4.74 Å². The maximum atomic E-state index is 14.4. The van der Waals surface area contributed by atoms with Crippen molar-refractivity contribution in [2.24, 2.45) is 5.41 Å². The quantitative estimate of drug-likeness (QED) is 0.407. The molecule has 1 fully saturated rings. The molecular weight excluding hydrogens is 465 g/mol. The van der Waals surface area contributed by atoms with E-state index in [1.54, 1.807) is 30.2 Å². The number of ether oxygens (including phenoxy) is 1. The average Bonchev–Trinajstić information content (AvgIpc) is 3.15. The van der Waals surface area contributed by atoms with Gasteiger partial charge in [-0.25, -0.2) is 4.39 Å². The first kappa shape index (κ1) is 26.4. The second-order valence-electron chi connectivity index (χ2n) is 8.78. The predicted molar refractivity (Wildman–Crippen MR) is 112 cm³/mol. The van der Waals surface area contributed by atoms with Gasteiger partial charge in [0.2, 0.25) is 0 Å². The summed E-state index contributed by atoms with van der Waals surface area (Å²) in [5, 5.41) is 0. The van der Waals surface area contributed by atoms with E-state index in [4.69, 9.17) is 4.74 Å². The third kappa shape index (κ3) is 5.07. The summed E-state index contributed by atoms with van der Waals surface area (Å²) in [6.07, 6.45) is -10.7. The summed E-state index contributed by atoms with van der Waals surface area (Å²) in [5.74, 6) is -0.536. The first-order chi connectivity index (χ1) is 15.8. The highest BCUT2D eigenvalue weighted by Gasteiger charge is 2.81. The van der Waals surface area contributed by atoms with Crippen LogP contribution in [0.25, 0.3) is 0 Å². The SMILES string of the molecule is CCOC(C(F)(F)F)(C(F)(F)F)[C@@]1(CCc2ccc(F)cc2)CCN(Cc2ccc(C)nc2)C1. The fraction of sp³-hybridized carbons (Fsp3) is 0.542. The molecule has 10 heteroatoms. The summed E-state index contributed by atoms with van der Waals surface area (Å²) in [7, 11) is 0. The van der Waals surface area contributed by atoms with Gasteiger partial charge >= 0.3 is 12.4 Å². The van der Waals surface area contributed by atoms with E-state index < -0.39 is 48.8 Å². The fourth-order valence-corrected chi connectivity index (χ4v) is 4.94. The minimum absolute atomic E-state index is 0.0400. The van der Waals surface area contributed by atoms with Crippen LogP contribution in [0.2, 0.25) is 0 Å². The topological polar surface area (TPSA) is 25.4 Å². The Labute approximate surface area is 193 Å². The molecule has 0 amide bonds. The third-order valence-electron chi connectivity index (χ3n) is 6.52. The fourth-order valence-electron chi connectivity index (χ4n) is 4.94. The number of rotatable bonds is 8. The molecule has 0 N–H and O–H groups in total. The van der Waals surface area contributed by atoms with Gasteiger partial charge in [0.15, 0.2) is 0 Å². The van der Waals surface area contributed by atoms with Crippen LogP contribution in [-0.2, 0) is 17.7 Å². The molecule has 3 rings (SSSR count). The lowest BCUT2D eigenvalue weighted by atomic mass is 9.66. The Morgan fingerprint density at radius 3 is 2.12 bits per heavy atom. The van der Waals surface area contributed by atoms with Gasteiger partial charge in [0, 0.05) is 37.0 Å². The van der Waals surface area contributed by atoms with Crippen molar-refractivity contribution in [2.45, 2.75) is 57.6 Å². The summed E-state index contributed by atoms with van der Waals surface area (Å²) in [4.78, 5) is 5.74. The molecule has 1 aromatic heterocycles. The Hall–Kier alpha value is -2.20. The van der Waals surface area contributed by atoms with Gasteiger partial charge in [-0.3, -0.25) is 9.88 Å². The van der Waals surface area contributed by atoms with Crippen LogP contribution in [0.3, 0.4) is 0 Å². The van der Waals surface area contributed by atoms with Gasteiger partial charge in [-0.2, -0.15) is 26.3 Å². The standard InChI is InChI=1S/C24H27F7N2O/c1-3-34-22(23(26,27)28,24(29,30)31)21(11-10-18-6-8-20(25)9-7-18)12-13-33(16-21)15-19-5-4-17(2)32-14-19/h4-9,14H,3,10-13,15-16H2,1-2H3/t21-/m0/s1. The minimum Gasteiger partial charge on any atom is -0.358 e. The number of pyridine rings is 1. The van der Waals surface area contributed by atoms with Gasteiger partial charge in [0.1, 0.15) is 5.82 Å². The number of aromatic nitrogens is 1. The predicted octanol–water partition coefficient (Wildman–Crippen LogP) is 6.25. The molecular formula is C24H27F7N2O. The van der Waals surface area contributed by atoms with Crippen LogP contribution in [0.1, 0.15) is 36.6 Å².